The van der Waals surface area contributed by atoms with E-state index in [4.69, 9.17) is 8.25 Å². The summed E-state index contributed by atoms with van der Waals surface area (Å²) in [6, 6.07) is 32.5. The third-order valence-electron chi connectivity index (χ3n) is 6.52. The first kappa shape index (κ1) is 21.6. The van der Waals surface area contributed by atoms with Crippen LogP contribution in [0, 0.1) is 0 Å². The maximum absolute atomic E-state index is 7.82. The van der Waals surface area contributed by atoms with Crippen LogP contribution < -0.4 is 0 Å². The third kappa shape index (κ3) is 5.65. The Kier molecular flexibility index (Phi) is 7.89. The van der Waals surface area contributed by atoms with Crippen LogP contribution in [0.5, 0.6) is 0 Å². The Morgan fingerprint density at radius 1 is 0.577 bits per heavy atom. The standard InChI is InChI=1S/3C7H7.C2H5.ClH.Hg.H3P/c3*1-7-5-3-2-4-6-7;1-2;;;/h3*2-6H,1H2;1H2,2H3;1H;;1H3/q;;;;;+1;/p-1. The Bertz CT molecular complexity index is 686. The van der Waals surface area contributed by atoms with Gasteiger partial charge in [-0.05, 0) is 0 Å². The summed E-state index contributed by atoms with van der Waals surface area (Å²) in [5.74, 6) is 0. The van der Waals surface area contributed by atoms with Crippen molar-refractivity contribution in [1.82, 2.24) is 0 Å². The molecule has 0 amide bonds. The predicted molar refractivity (Wildman–Crippen MR) is 118 cm³/mol. The Hall–Kier alpha value is -0.685. The largest absolute Gasteiger partial charge is 0.153 e. The molecule has 3 heteroatoms. The van der Waals surface area contributed by atoms with E-state index < -0.39 is 18.7 Å². The zero-order valence-corrected chi connectivity index (χ0v) is 23.4. The van der Waals surface area contributed by atoms with Crippen molar-refractivity contribution in [1.29, 1.82) is 0 Å². The van der Waals surface area contributed by atoms with Gasteiger partial charge in [0.15, 0.2) is 0 Å². The molecule has 0 bridgehead atoms. The second-order valence-corrected chi connectivity index (χ2v) is 53.9. The second kappa shape index (κ2) is 9.49. The topological polar surface area (TPSA) is 0 Å². The van der Waals surface area contributed by atoms with Crippen molar-refractivity contribution in [3.63, 3.8) is 0 Å². The minimum Gasteiger partial charge on any atom is -0.153 e. The van der Waals surface area contributed by atoms with Gasteiger partial charge in [0.25, 0.3) is 0 Å². The van der Waals surface area contributed by atoms with Crippen molar-refractivity contribution in [2.75, 3.05) is 0 Å². The molecule has 3 aromatic carbocycles. The van der Waals surface area contributed by atoms with Gasteiger partial charge in [0.1, 0.15) is 0 Å². The van der Waals surface area contributed by atoms with Gasteiger partial charge in [0, 0.05) is 0 Å². The molecule has 26 heavy (non-hydrogen) atoms. The van der Waals surface area contributed by atoms with Gasteiger partial charge in [0.2, 0.25) is 0 Å². The number of benzene rings is 3. The van der Waals surface area contributed by atoms with Gasteiger partial charge >= 0.3 is 157 Å². The molecule has 3 aromatic rings. The second-order valence-electron chi connectivity index (χ2n) is 8.58. The quantitative estimate of drug-likeness (QED) is 0.213. The summed E-state index contributed by atoms with van der Waals surface area (Å²) in [6.45, 7) is 2.32. The zero-order chi connectivity index (χ0) is 17.6. The van der Waals surface area contributed by atoms with Crippen LogP contribution >= 0.6 is 18.1 Å². The van der Waals surface area contributed by atoms with Gasteiger partial charge in [-0.2, -0.15) is 9.90 Å². The van der Waals surface area contributed by atoms with Crippen LogP contribution in [-0.4, -0.2) is 0 Å². The molecule has 0 aliphatic carbocycles. The number of halogens is 1. The van der Waals surface area contributed by atoms with E-state index in [1.54, 1.807) is 0 Å². The number of hydrogen-bond acceptors (Lipinski definition) is 0. The van der Waals surface area contributed by atoms with Gasteiger partial charge in [0.05, 0.1) is 0 Å². The molecule has 0 radical (unpaired) electrons. The first-order valence-corrected chi connectivity index (χ1v) is 32.1. The Labute approximate surface area is 166 Å². The minimum absolute atomic E-state index is 0. The molecule has 0 N–H and O–H groups in total. The first-order valence-electron chi connectivity index (χ1n) is 9.77. The SMILES string of the molecule is C[CH2][Hg]([Cl])([CH2]c1ccccc1)([CH2]c1ccccc1)[CH2]c1ccccc1.P. The average Bonchev–Trinajstić information content (AvgIpc) is 2.64. The predicted octanol–water partition coefficient (Wildman–Crippen LogP) is 6.93. The third-order valence-corrected chi connectivity index (χ3v) is 45.8. The summed E-state index contributed by atoms with van der Waals surface area (Å²) in [7, 11) is 7.82. The summed E-state index contributed by atoms with van der Waals surface area (Å²) in [4.78, 5) is 0. The van der Waals surface area contributed by atoms with Gasteiger partial charge in [-0.15, -0.1) is 0 Å². The first-order chi connectivity index (χ1) is 12.1. The smallest absolute Gasteiger partial charge is 0.153 e. The van der Waals surface area contributed by atoms with E-state index in [9.17, 15) is 0 Å². The Balaban J connectivity index is 0.00000243. The number of rotatable bonds is 7. The fourth-order valence-electron chi connectivity index (χ4n) is 4.89. The molecule has 0 aromatic heterocycles. The molecule has 135 valence electrons. The normalized spacial score (nSPS) is 11.7. The molecule has 0 aliphatic rings. The van der Waals surface area contributed by atoms with E-state index in [1.165, 1.54) is 16.7 Å². The molecule has 0 fully saturated rings. The van der Waals surface area contributed by atoms with E-state index in [2.05, 4.69) is 97.9 Å². The molecular weight excluding hydrogens is 543 g/mol. The molecule has 0 heterocycles. The van der Waals surface area contributed by atoms with Crippen molar-refractivity contribution < 1.29 is 18.7 Å². The van der Waals surface area contributed by atoms with Crippen LogP contribution in [0.25, 0.3) is 0 Å². The van der Waals surface area contributed by atoms with Crippen LogP contribution in [0.2, 0.25) is 3.93 Å². The van der Waals surface area contributed by atoms with Crippen molar-refractivity contribution in [2.45, 2.75) is 22.6 Å². The van der Waals surface area contributed by atoms with Crippen molar-refractivity contribution in [3.8, 4) is 0 Å². The Morgan fingerprint density at radius 2 is 0.846 bits per heavy atom. The maximum Gasteiger partial charge on any atom is -0.153 e. The summed E-state index contributed by atoms with van der Waals surface area (Å²) >= 11 is -3.87. The molecule has 0 saturated heterocycles. The molecule has 1 unspecified atom stereocenters. The van der Waals surface area contributed by atoms with Gasteiger partial charge in [-0.1, -0.05) is 0 Å². The van der Waals surface area contributed by atoms with E-state index in [1.807, 2.05) is 0 Å². The Morgan fingerprint density at radius 3 is 1.08 bits per heavy atom. The zero-order valence-electron chi connectivity index (χ0n) is 15.8. The van der Waals surface area contributed by atoms with Crippen LogP contribution in [0.15, 0.2) is 91.0 Å². The summed E-state index contributed by atoms with van der Waals surface area (Å²) in [6.07, 6.45) is 0. The fraction of sp³-hybridized carbons (Fsp3) is 0.217. The van der Waals surface area contributed by atoms with Gasteiger partial charge in [-0.25, -0.2) is 0 Å². The summed E-state index contributed by atoms with van der Waals surface area (Å²) < 4.78 is 4.37. The fourth-order valence-corrected chi connectivity index (χ4v) is 37.5. The van der Waals surface area contributed by atoms with Crippen molar-refractivity contribution >= 4 is 18.1 Å². The van der Waals surface area contributed by atoms with Crippen molar-refractivity contribution in [3.05, 3.63) is 108 Å². The van der Waals surface area contributed by atoms with Crippen LogP contribution in [-0.2, 0) is 30.5 Å². The van der Waals surface area contributed by atoms with Crippen LogP contribution in [0.4, 0.5) is 0 Å². The van der Waals surface area contributed by atoms with E-state index in [0.717, 1.165) is 15.7 Å². The molecule has 1 atom stereocenters. The molecule has 0 nitrogen and oxygen atoms in total. The molecule has 0 aliphatic heterocycles. The molecule has 0 saturated carbocycles. The number of hydrogen-bond donors (Lipinski definition) is 0. The van der Waals surface area contributed by atoms with Crippen LogP contribution in [0.1, 0.15) is 23.6 Å². The summed E-state index contributed by atoms with van der Waals surface area (Å²) in [5, 5.41) is 0. The molecule has 3 rings (SSSR count). The monoisotopic (exact) mass is 573 g/mol. The van der Waals surface area contributed by atoms with Gasteiger partial charge < -0.3 is 0 Å². The van der Waals surface area contributed by atoms with Crippen LogP contribution in [0.3, 0.4) is 0 Å². The van der Waals surface area contributed by atoms with Gasteiger partial charge in [-0.3, -0.25) is 0 Å². The minimum atomic E-state index is -3.87. The average molecular weight is 573 g/mol. The van der Waals surface area contributed by atoms with Crippen molar-refractivity contribution in [2.24, 2.45) is 0 Å². The summed E-state index contributed by atoms with van der Waals surface area (Å²) in [5.41, 5.74) is 4.19. The van der Waals surface area contributed by atoms with E-state index in [0.29, 0.717) is 0 Å². The maximum atomic E-state index is 7.82. The van der Waals surface area contributed by atoms with E-state index >= 15 is 0 Å². The van der Waals surface area contributed by atoms with E-state index in [-0.39, 0.29) is 9.90 Å². The molecular formula is C23H29ClHgP. The molecule has 0 spiro atoms.